The summed E-state index contributed by atoms with van der Waals surface area (Å²) in [6.07, 6.45) is -1.45. The Morgan fingerprint density at radius 2 is 2.04 bits per heavy atom. The number of unbranched alkanes of at least 4 members (excludes halogenated alkanes) is 1. The van der Waals surface area contributed by atoms with Gasteiger partial charge >= 0.3 is 12.1 Å². The number of halogens is 3. The van der Waals surface area contributed by atoms with Gasteiger partial charge in [-0.1, -0.05) is 12.1 Å². The number of alkyl halides is 3. The Balaban J connectivity index is 1.71. The van der Waals surface area contributed by atoms with Crippen molar-refractivity contribution in [1.29, 1.82) is 0 Å². The molecule has 1 aliphatic heterocycles. The van der Waals surface area contributed by atoms with Crippen LogP contribution in [0.4, 0.5) is 13.2 Å². The van der Waals surface area contributed by atoms with Crippen molar-refractivity contribution in [2.45, 2.75) is 31.9 Å². The van der Waals surface area contributed by atoms with E-state index in [0.717, 1.165) is 32.0 Å². The maximum atomic E-state index is 12.8. The molecule has 1 atom stereocenters. The Hall–Kier alpha value is -1.76. The molecule has 1 heterocycles. The molecule has 0 amide bonds. The summed E-state index contributed by atoms with van der Waals surface area (Å²) in [6.45, 7) is 2.38. The number of piperidine rings is 1. The van der Waals surface area contributed by atoms with Gasteiger partial charge in [-0.25, -0.2) is 0 Å². The first-order chi connectivity index (χ1) is 11.4. The lowest BCUT2D eigenvalue weighted by atomic mass is 9.98. The molecule has 0 radical (unpaired) electrons. The molecule has 0 aliphatic carbocycles. The van der Waals surface area contributed by atoms with Gasteiger partial charge in [0.1, 0.15) is 5.75 Å². The van der Waals surface area contributed by atoms with Gasteiger partial charge in [-0.05, 0) is 50.9 Å². The number of hydrogen-bond acceptors (Lipinski definition) is 3. The highest BCUT2D eigenvalue weighted by Gasteiger charge is 2.34. The Morgan fingerprint density at radius 1 is 1.29 bits per heavy atom. The molecule has 4 nitrogen and oxygen atoms in total. The number of carbonyl (C=O) groups is 1. The number of nitrogens with zero attached hydrogens (tertiary/aromatic N) is 1. The molecule has 1 N–H and O–H groups in total. The summed E-state index contributed by atoms with van der Waals surface area (Å²) < 4.78 is 43.8. The molecule has 1 aromatic carbocycles. The predicted octanol–water partition coefficient (Wildman–Crippen LogP) is 3.66. The molecule has 1 unspecified atom stereocenters. The molecule has 1 saturated heterocycles. The zero-order valence-electron chi connectivity index (χ0n) is 13.4. The molecule has 2 rings (SSSR count). The third-order valence-electron chi connectivity index (χ3n) is 4.17. The molecule has 0 spiro atoms. The Labute approximate surface area is 139 Å². The largest absolute Gasteiger partial charge is 0.493 e. The van der Waals surface area contributed by atoms with Gasteiger partial charge in [-0.3, -0.25) is 4.79 Å². The number of ether oxygens (including phenoxy) is 1. The molecule has 0 aromatic heterocycles. The van der Waals surface area contributed by atoms with Gasteiger partial charge in [0, 0.05) is 6.54 Å². The number of rotatable bonds is 7. The molecular formula is C17H22F3NO3. The summed E-state index contributed by atoms with van der Waals surface area (Å²) in [5.41, 5.74) is -0.759. The van der Waals surface area contributed by atoms with E-state index in [4.69, 9.17) is 9.84 Å². The average molecular weight is 345 g/mol. The van der Waals surface area contributed by atoms with Crippen molar-refractivity contribution in [2.24, 2.45) is 5.92 Å². The quantitative estimate of drug-likeness (QED) is 0.766. The van der Waals surface area contributed by atoms with Crippen LogP contribution >= 0.6 is 0 Å². The second-order valence-electron chi connectivity index (χ2n) is 6.03. The van der Waals surface area contributed by atoms with E-state index in [1.807, 2.05) is 0 Å². The van der Waals surface area contributed by atoms with Gasteiger partial charge in [0.2, 0.25) is 0 Å². The first kappa shape index (κ1) is 18.6. The smallest absolute Gasteiger partial charge is 0.419 e. The molecule has 1 aliphatic rings. The van der Waals surface area contributed by atoms with E-state index in [1.165, 1.54) is 18.2 Å². The van der Waals surface area contributed by atoms with Crippen LogP contribution in [0.25, 0.3) is 0 Å². The lowest BCUT2D eigenvalue weighted by molar-refractivity contribution is -0.143. The molecule has 1 fully saturated rings. The van der Waals surface area contributed by atoms with Crippen LogP contribution in [0, 0.1) is 5.92 Å². The van der Waals surface area contributed by atoms with Crippen molar-refractivity contribution in [3.8, 4) is 5.75 Å². The number of hydrogen-bond donors (Lipinski definition) is 1. The number of para-hydroxylation sites is 1. The Kier molecular flexibility index (Phi) is 6.48. The monoisotopic (exact) mass is 345 g/mol. The van der Waals surface area contributed by atoms with Crippen molar-refractivity contribution in [3.63, 3.8) is 0 Å². The van der Waals surface area contributed by atoms with Crippen LogP contribution in [0.3, 0.4) is 0 Å². The summed E-state index contributed by atoms with van der Waals surface area (Å²) >= 11 is 0. The van der Waals surface area contributed by atoms with Crippen molar-refractivity contribution in [2.75, 3.05) is 26.2 Å². The van der Waals surface area contributed by atoms with Gasteiger partial charge in [0.05, 0.1) is 18.1 Å². The van der Waals surface area contributed by atoms with Crippen LogP contribution in [-0.2, 0) is 11.0 Å². The minimum absolute atomic E-state index is 0.145. The standard InChI is InChI=1S/C17H22F3NO3/c18-17(19,20)14-7-1-2-8-15(14)24-11-4-3-9-21-10-5-6-13(12-21)16(22)23/h1-2,7-8,13H,3-6,9-12H2,(H,22,23). The van der Waals surface area contributed by atoms with Crippen LogP contribution in [0.5, 0.6) is 5.75 Å². The number of carboxylic acid groups (broad SMARTS) is 1. The van der Waals surface area contributed by atoms with Gasteiger partial charge in [-0.2, -0.15) is 13.2 Å². The van der Waals surface area contributed by atoms with Crippen molar-refractivity contribution < 1.29 is 27.8 Å². The topological polar surface area (TPSA) is 49.8 Å². The predicted molar refractivity (Wildman–Crippen MR) is 83.0 cm³/mol. The fourth-order valence-electron chi connectivity index (χ4n) is 2.91. The van der Waals surface area contributed by atoms with Crippen LogP contribution in [0.1, 0.15) is 31.2 Å². The Morgan fingerprint density at radius 3 is 2.75 bits per heavy atom. The van der Waals surface area contributed by atoms with E-state index >= 15 is 0 Å². The highest BCUT2D eigenvalue weighted by Crippen LogP contribution is 2.35. The van der Waals surface area contributed by atoms with Crippen molar-refractivity contribution in [3.05, 3.63) is 29.8 Å². The van der Waals surface area contributed by atoms with E-state index in [0.29, 0.717) is 19.4 Å². The summed E-state index contributed by atoms with van der Waals surface area (Å²) in [7, 11) is 0. The van der Waals surface area contributed by atoms with Crippen LogP contribution in [0.2, 0.25) is 0 Å². The first-order valence-corrected chi connectivity index (χ1v) is 8.12. The van der Waals surface area contributed by atoms with Gasteiger partial charge in [0.15, 0.2) is 0 Å². The van der Waals surface area contributed by atoms with Crippen LogP contribution in [-0.4, -0.2) is 42.2 Å². The second-order valence-corrected chi connectivity index (χ2v) is 6.03. The van der Waals surface area contributed by atoms with Gasteiger partial charge < -0.3 is 14.7 Å². The zero-order chi connectivity index (χ0) is 17.6. The fraction of sp³-hybridized carbons (Fsp3) is 0.588. The highest BCUT2D eigenvalue weighted by atomic mass is 19.4. The summed E-state index contributed by atoms with van der Waals surface area (Å²) in [5, 5.41) is 9.04. The normalized spacial score (nSPS) is 19.2. The molecule has 134 valence electrons. The molecule has 1 aromatic rings. The first-order valence-electron chi connectivity index (χ1n) is 8.12. The number of likely N-dealkylation sites (tertiary alicyclic amines) is 1. The van der Waals surface area contributed by atoms with Crippen molar-refractivity contribution >= 4 is 5.97 Å². The van der Waals surface area contributed by atoms with Gasteiger partial charge in [-0.15, -0.1) is 0 Å². The molecule has 7 heteroatoms. The zero-order valence-corrected chi connectivity index (χ0v) is 13.4. The third-order valence-corrected chi connectivity index (χ3v) is 4.17. The lowest BCUT2D eigenvalue weighted by Gasteiger charge is -2.30. The molecule has 0 bridgehead atoms. The average Bonchev–Trinajstić information content (AvgIpc) is 2.54. The van der Waals surface area contributed by atoms with Crippen LogP contribution in [0.15, 0.2) is 24.3 Å². The van der Waals surface area contributed by atoms with Crippen LogP contribution < -0.4 is 4.74 Å². The minimum Gasteiger partial charge on any atom is -0.493 e. The highest BCUT2D eigenvalue weighted by molar-refractivity contribution is 5.70. The summed E-state index contributed by atoms with van der Waals surface area (Å²) in [6, 6.07) is 5.19. The van der Waals surface area contributed by atoms with E-state index in [1.54, 1.807) is 0 Å². The maximum absolute atomic E-state index is 12.8. The third kappa shape index (κ3) is 5.40. The number of aliphatic carboxylic acids is 1. The summed E-state index contributed by atoms with van der Waals surface area (Å²) in [4.78, 5) is 13.1. The second kappa shape index (κ2) is 8.37. The van der Waals surface area contributed by atoms with Crippen molar-refractivity contribution in [1.82, 2.24) is 4.90 Å². The minimum atomic E-state index is -4.42. The number of carboxylic acids is 1. The molecular weight excluding hydrogens is 323 g/mol. The lowest BCUT2D eigenvalue weighted by Crippen LogP contribution is -2.39. The fourth-order valence-corrected chi connectivity index (χ4v) is 2.91. The van der Waals surface area contributed by atoms with Gasteiger partial charge in [0.25, 0.3) is 0 Å². The van der Waals surface area contributed by atoms with E-state index in [2.05, 4.69) is 4.90 Å². The van der Waals surface area contributed by atoms with E-state index < -0.39 is 17.7 Å². The summed E-state index contributed by atoms with van der Waals surface area (Å²) in [5.74, 6) is -1.21. The SMILES string of the molecule is O=C(O)C1CCCN(CCCCOc2ccccc2C(F)(F)F)C1. The van der Waals surface area contributed by atoms with E-state index in [9.17, 15) is 18.0 Å². The maximum Gasteiger partial charge on any atom is 0.419 e. The molecule has 24 heavy (non-hydrogen) atoms. The molecule has 0 saturated carbocycles. The van der Waals surface area contributed by atoms with E-state index in [-0.39, 0.29) is 18.3 Å². The number of benzene rings is 1. The Bertz CT molecular complexity index is 548.